The molecule has 0 spiro atoms. The van der Waals surface area contributed by atoms with Gasteiger partial charge in [0.25, 0.3) is 5.91 Å². The predicted octanol–water partition coefficient (Wildman–Crippen LogP) is 3.02. The fourth-order valence-corrected chi connectivity index (χ4v) is 4.32. The quantitative estimate of drug-likeness (QED) is 0.110. The van der Waals surface area contributed by atoms with Gasteiger partial charge in [-0.1, -0.05) is 51.1 Å². The van der Waals surface area contributed by atoms with Gasteiger partial charge in [-0.3, -0.25) is 9.59 Å². The van der Waals surface area contributed by atoms with Crippen LogP contribution in [-0.4, -0.2) is 86.7 Å². The first-order chi connectivity index (χ1) is 22.5. The Morgan fingerprint density at radius 1 is 1.11 bits per heavy atom. The minimum Gasteiger partial charge on any atom is -0.493 e. The molecule has 1 N–H and O–H groups in total. The van der Waals surface area contributed by atoms with Crippen molar-refractivity contribution in [1.82, 2.24) is 10.3 Å². The maximum absolute atomic E-state index is 13.6. The summed E-state index contributed by atoms with van der Waals surface area (Å²) in [5.74, 6) is -4.70. The fraction of sp³-hybridized carbons (Fsp3) is 0.455. The normalized spacial score (nSPS) is 19.3. The molecule has 1 saturated heterocycles. The zero-order valence-electron chi connectivity index (χ0n) is 27.2. The Labute approximate surface area is 272 Å². The number of ether oxygens (including phenoxy) is 7. The summed E-state index contributed by atoms with van der Waals surface area (Å²) >= 11 is 0. The van der Waals surface area contributed by atoms with Crippen LogP contribution in [0.15, 0.2) is 48.2 Å². The molecule has 1 aromatic carbocycles. The van der Waals surface area contributed by atoms with Crippen LogP contribution in [0.4, 0.5) is 0 Å². The van der Waals surface area contributed by atoms with E-state index in [9.17, 15) is 24.0 Å². The zero-order valence-corrected chi connectivity index (χ0v) is 27.2. The number of cyclic esters (lactones) is 2. The van der Waals surface area contributed by atoms with Crippen molar-refractivity contribution in [2.75, 3.05) is 33.7 Å². The Hall–Kier alpha value is -4.98. The van der Waals surface area contributed by atoms with Crippen molar-refractivity contribution >= 4 is 35.4 Å². The molecule has 0 unspecified atom stereocenters. The van der Waals surface area contributed by atoms with Crippen molar-refractivity contribution < 1.29 is 57.1 Å². The number of hydrogen-bond acceptors (Lipinski definition) is 13. The molecule has 0 radical (unpaired) electrons. The van der Waals surface area contributed by atoms with Crippen LogP contribution in [0.5, 0.6) is 11.5 Å². The van der Waals surface area contributed by atoms with Gasteiger partial charge in [-0.15, -0.1) is 0 Å². The summed E-state index contributed by atoms with van der Waals surface area (Å²) in [6.07, 6.45) is -0.481. The summed E-state index contributed by atoms with van der Waals surface area (Å²) in [5, 5.41) is 2.46. The molecule has 2 heterocycles. The van der Waals surface area contributed by atoms with E-state index in [1.807, 2.05) is 6.92 Å². The Morgan fingerprint density at radius 3 is 2.49 bits per heavy atom. The second-order valence-electron chi connectivity index (χ2n) is 10.7. The number of carbonyl (C=O) groups excluding carboxylic acids is 5. The summed E-state index contributed by atoms with van der Waals surface area (Å²) in [7, 11) is 1.33. The molecule has 3 rings (SSSR count). The van der Waals surface area contributed by atoms with Gasteiger partial charge in [0, 0.05) is 18.9 Å². The molecule has 1 aliphatic heterocycles. The smallest absolute Gasteiger partial charge is 0.338 e. The SMILES string of the molecule is CCCOCC(=O)OCOc1c(OC)ccnc1C(=O)N[C@H]1COC(=O)/C(=C(\C)c2ccccc2)[C@@H](OC(=O)C(C)C)[C@H](C)OC1=O. The highest BCUT2D eigenvalue weighted by Gasteiger charge is 2.40. The van der Waals surface area contributed by atoms with E-state index in [-0.39, 0.29) is 29.4 Å². The lowest BCUT2D eigenvalue weighted by Crippen LogP contribution is -2.46. The molecule has 1 aliphatic rings. The Balaban J connectivity index is 1.87. The van der Waals surface area contributed by atoms with Gasteiger partial charge in [0.1, 0.15) is 19.3 Å². The molecule has 0 saturated carbocycles. The van der Waals surface area contributed by atoms with Crippen LogP contribution in [0, 0.1) is 5.92 Å². The van der Waals surface area contributed by atoms with Crippen LogP contribution >= 0.6 is 0 Å². The number of nitrogens with one attached hydrogen (secondary N) is 1. The molecule has 0 bridgehead atoms. The van der Waals surface area contributed by atoms with E-state index in [2.05, 4.69) is 10.3 Å². The number of amides is 1. The maximum Gasteiger partial charge on any atom is 0.338 e. The number of pyridine rings is 1. The third-order valence-corrected chi connectivity index (χ3v) is 6.82. The first kappa shape index (κ1) is 36.5. The average molecular weight is 657 g/mol. The fourth-order valence-electron chi connectivity index (χ4n) is 4.32. The first-order valence-electron chi connectivity index (χ1n) is 15.0. The number of aromatic nitrogens is 1. The highest BCUT2D eigenvalue weighted by atomic mass is 16.7. The van der Waals surface area contributed by atoms with Gasteiger partial charge in [-0.25, -0.2) is 19.4 Å². The van der Waals surface area contributed by atoms with Crippen molar-refractivity contribution in [3.05, 3.63) is 59.4 Å². The molecule has 47 heavy (non-hydrogen) atoms. The second kappa shape index (κ2) is 17.6. The minimum absolute atomic E-state index is 0.0164. The van der Waals surface area contributed by atoms with Gasteiger partial charge in [-0.2, -0.15) is 0 Å². The Bertz CT molecular complexity index is 1460. The summed E-state index contributed by atoms with van der Waals surface area (Å²) in [6, 6.07) is 8.82. The topological polar surface area (TPSA) is 175 Å². The molecule has 14 heteroatoms. The van der Waals surface area contributed by atoms with Crippen molar-refractivity contribution in [3.63, 3.8) is 0 Å². The lowest BCUT2D eigenvalue weighted by molar-refractivity contribution is -0.166. The highest BCUT2D eigenvalue weighted by molar-refractivity contribution is 6.00. The number of benzene rings is 1. The monoisotopic (exact) mass is 656 g/mol. The summed E-state index contributed by atoms with van der Waals surface area (Å²) in [4.78, 5) is 69.0. The molecule has 3 atom stereocenters. The minimum atomic E-state index is -1.50. The van der Waals surface area contributed by atoms with Crippen LogP contribution < -0.4 is 14.8 Å². The number of hydrogen-bond donors (Lipinski definition) is 1. The Kier molecular flexibility index (Phi) is 13.7. The van der Waals surface area contributed by atoms with Gasteiger partial charge >= 0.3 is 23.9 Å². The van der Waals surface area contributed by atoms with E-state index >= 15 is 0 Å². The van der Waals surface area contributed by atoms with E-state index in [1.165, 1.54) is 26.3 Å². The number of nitrogens with zero attached hydrogens (tertiary/aromatic N) is 1. The van der Waals surface area contributed by atoms with Gasteiger partial charge in [0.2, 0.25) is 6.79 Å². The van der Waals surface area contributed by atoms with E-state index in [0.717, 1.165) is 6.42 Å². The third kappa shape index (κ3) is 10.0. The van der Waals surface area contributed by atoms with E-state index < -0.39 is 67.4 Å². The Morgan fingerprint density at radius 2 is 1.83 bits per heavy atom. The van der Waals surface area contributed by atoms with Crippen molar-refractivity contribution in [2.24, 2.45) is 5.92 Å². The molecule has 14 nitrogen and oxygen atoms in total. The summed E-state index contributed by atoms with van der Waals surface area (Å²) in [6.45, 7) is 7.16. The lowest BCUT2D eigenvalue weighted by Gasteiger charge is -2.27. The third-order valence-electron chi connectivity index (χ3n) is 6.82. The summed E-state index contributed by atoms with van der Waals surface area (Å²) in [5.41, 5.74) is 0.766. The highest BCUT2D eigenvalue weighted by Crippen LogP contribution is 2.31. The molecule has 2 aromatic rings. The van der Waals surface area contributed by atoms with E-state index in [0.29, 0.717) is 17.7 Å². The van der Waals surface area contributed by atoms with Crippen LogP contribution in [0.25, 0.3) is 5.57 Å². The van der Waals surface area contributed by atoms with Gasteiger partial charge in [0.15, 0.2) is 29.3 Å². The van der Waals surface area contributed by atoms with Gasteiger partial charge in [-0.05, 0) is 31.4 Å². The molecular weight excluding hydrogens is 616 g/mol. The first-order valence-corrected chi connectivity index (χ1v) is 15.0. The molecular formula is C33H40N2O12. The zero-order chi connectivity index (χ0) is 34.5. The van der Waals surface area contributed by atoms with E-state index in [4.69, 9.17) is 33.2 Å². The van der Waals surface area contributed by atoms with Gasteiger partial charge < -0.3 is 38.5 Å². The largest absolute Gasteiger partial charge is 0.493 e. The number of esters is 4. The van der Waals surface area contributed by atoms with E-state index in [1.54, 1.807) is 51.1 Å². The van der Waals surface area contributed by atoms with Gasteiger partial charge in [0.05, 0.1) is 18.6 Å². The lowest BCUT2D eigenvalue weighted by atomic mass is 9.95. The van der Waals surface area contributed by atoms with Crippen LogP contribution in [0.2, 0.25) is 0 Å². The second-order valence-corrected chi connectivity index (χ2v) is 10.7. The van der Waals surface area contributed by atoms with Crippen LogP contribution in [0.1, 0.15) is 57.1 Å². The van der Waals surface area contributed by atoms with Crippen molar-refractivity contribution in [3.8, 4) is 11.5 Å². The maximum atomic E-state index is 13.6. The van der Waals surface area contributed by atoms with Crippen molar-refractivity contribution in [2.45, 2.75) is 59.3 Å². The molecule has 1 amide bonds. The number of rotatable bonds is 13. The molecule has 0 aliphatic carbocycles. The van der Waals surface area contributed by atoms with Crippen LogP contribution in [0.3, 0.4) is 0 Å². The number of methoxy groups -OCH3 is 1. The summed E-state index contributed by atoms with van der Waals surface area (Å²) < 4.78 is 37.8. The number of allylic oxidation sites excluding steroid dienone is 1. The standard InChI is InChI=1S/C33H40N2O12/c1-7-15-42-17-25(36)44-18-45-29-24(41-6)13-14-34-27(29)30(37)35-23-16-43-33(40)26(20(4)22-11-9-8-10-12-22)28(21(5)46-32(23)39)47-31(38)19(2)3/h8-14,19,21,23,28H,7,15-18H2,1-6H3,(H,35,37)/b26-20+/t21-,23-,28-/m0/s1. The average Bonchev–Trinajstić information content (AvgIpc) is 3.09. The van der Waals surface area contributed by atoms with Crippen LogP contribution in [-0.2, 0) is 42.9 Å². The number of carbonyl (C=O) groups is 5. The molecule has 1 aromatic heterocycles. The molecule has 1 fully saturated rings. The predicted molar refractivity (Wildman–Crippen MR) is 165 cm³/mol. The molecule has 254 valence electrons. The van der Waals surface area contributed by atoms with Crippen molar-refractivity contribution in [1.29, 1.82) is 0 Å².